The summed E-state index contributed by atoms with van der Waals surface area (Å²) in [5, 5.41) is 30.8. The smallest absolute Gasteiger partial charge is 0.0433 e. The Balaban J connectivity index is 0.000000115. The van der Waals surface area contributed by atoms with Gasteiger partial charge in [-0.2, -0.15) is 0 Å². The van der Waals surface area contributed by atoms with Crippen LogP contribution in [0.25, 0.3) is 291 Å². The highest BCUT2D eigenvalue weighted by molar-refractivity contribution is 7.27. The van der Waals surface area contributed by atoms with Gasteiger partial charge in [0.2, 0.25) is 0 Å². The fourth-order valence-electron chi connectivity index (χ4n) is 23.4. The lowest BCUT2D eigenvalue weighted by molar-refractivity contribution is 1.63. The Morgan fingerprint density at radius 2 is 0.333 bits per heavy atom. The lowest BCUT2D eigenvalue weighted by Gasteiger charge is -2.19. The molecule has 0 N–H and O–H groups in total. The van der Waals surface area contributed by atoms with E-state index in [2.05, 4.69) is 546 Å². The summed E-state index contributed by atoms with van der Waals surface area (Å²) in [5.74, 6) is 0. The van der Waals surface area contributed by atoms with Gasteiger partial charge in [0.25, 0.3) is 0 Å². The zero-order valence-corrected chi connectivity index (χ0v) is 82.6. The quantitative estimate of drug-likeness (QED) is 0.107. The van der Waals surface area contributed by atoms with Crippen molar-refractivity contribution in [2.75, 3.05) is 0 Å². The lowest BCUT2D eigenvalue weighted by atomic mass is 9.84. The predicted molar refractivity (Wildman–Crippen MR) is 647 cm³/mol. The monoisotopic (exact) mass is 1920 g/mol. The van der Waals surface area contributed by atoms with Crippen LogP contribution >= 0.6 is 34.0 Å². The summed E-state index contributed by atoms with van der Waals surface area (Å²) in [4.78, 5) is 0. The molecule has 0 aliphatic carbocycles. The van der Waals surface area contributed by atoms with Crippen molar-refractivity contribution in [2.24, 2.45) is 0 Å². The zero-order chi connectivity index (χ0) is 96.9. The van der Waals surface area contributed by atoms with Crippen molar-refractivity contribution in [1.82, 2.24) is 0 Å². The predicted octanol–water partition coefficient (Wildman–Crippen LogP) is 43.3. The molecule has 0 nitrogen and oxygen atoms in total. The Morgan fingerprint density at radius 1 is 0.102 bits per heavy atom. The summed E-state index contributed by atoms with van der Waals surface area (Å²) >= 11 is 5.65. The Bertz CT molecular complexity index is 10300. The average Bonchev–Trinajstić information content (AvgIpc) is 1.04. The molecule has 0 saturated heterocycles. The molecular formula is C144H96S3. The van der Waals surface area contributed by atoms with Crippen molar-refractivity contribution in [3.8, 4) is 134 Å². The minimum Gasteiger partial charge on any atom is -0.135 e. The molecule has 0 atom stereocenters. The summed E-state index contributed by atoms with van der Waals surface area (Å²) in [5.41, 5.74) is 30.2. The third-order valence-corrected chi connectivity index (χ3v) is 33.8. The molecule has 30 aromatic rings. The largest absolute Gasteiger partial charge is 0.135 e. The van der Waals surface area contributed by atoms with Gasteiger partial charge in [-0.25, -0.2) is 0 Å². The Kier molecular flexibility index (Phi) is 21.7. The van der Waals surface area contributed by atoms with Crippen LogP contribution in [0.15, 0.2) is 546 Å². The number of hydrogen-bond donors (Lipinski definition) is 0. The van der Waals surface area contributed by atoms with Crippen LogP contribution < -0.4 is 0 Å². The topological polar surface area (TPSA) is 0 Å². The highest BCUT2D eigenvalue weighted by Crippen LogP contribution is 2.53. The summed E-state index contributed by atoms with van der Waals surface area (Å²) in [6.07, 6.45) is 0. The van der Waals surface area contributed by atoms with E-state index in [9.17, 15) is 0 Å². The van der Waals surface area contributed by atoms with Crippen molar-refractivity contribution in [3.63, 3.8) is 0 Å². The van der Waals surface area contributed by atoms with Gasteiger partial charge in [0, 0.05) is 64.8 Å². The van der Waals surface area contributed by atoms with Crippen LogP contribution in [0.4, 0.5) is 0 Å². The second kappa shape index (κ2) is 36.7. The molecule has 0 spiro atoms. The summed E-state index contributed by atoms with van der Waals surface area (Å²) in [6.45, 7) is 0. The molecule has 0 aliphatic heterocycles. The van der Waals surface area contributed by atoms with Crippen molar-refractivity contribution in [1.29, 1.82) is 0 Å². The van der Waals surface area contributed by atoms with Gasteiger partial charge in [-0.15, -0.1) is 34.0 Å². The number of rotatable bonds is 12. The van der Waals surface area contributed by atoms with Crippen LogP contribution in [0.3, 0.4) is 0 Å². The zero-order valence-electron chi connectivity index (χ0n) is 80.2. The van der Waals surface area contributed by atoms with Crippen LogP contribution in [0, 0.1) is 0 Å². The average molecular weight is 1930 g/mol. The van der Waals surface area contributed by atoms with Crippen LogP contribution in [0.2, 0.25) is 0 Å². The molecule has 690 valence electrons. The van der Waals surface area contributed by atoms with Crippen molar-refractivity contribution >= 4 is 191 Å². The van der Waals surface area contributed by atoms with E-state index in [1.807, 2.05) is 34.0 Å². The molecular weight excluding hydrogens is 1830 g/mol. The maximum atomic E-state index is 2.40. The molecule has 0 aliphatic rings. The third-order valence-electron chi connectivity index (χ3n) is 30.2. The molecule has 3 heteroatoms. The van der Waals surface area contributed by atoms with Crippen molar-refractivity contribution < 1.29 is 4.28 Å². The first kappa shape index (κ1) is 86.8. The molecule has 147 heavy (non-hydrogen) atoms. The minimum atomic E-state index is 0. The molecule has 30 rings (SSSR count). The van der Waals surface area contributed by atoms with E-state index >= 15 is 0 Å². The maximum absolute atomic E-state index is 2.40. The fraction of sp³-hybridized carbons (Fsp3) is 0. The molecule has 27 aromatic carbocycles. The van der Waals surface area contributed by atoms with E-state index in [-0.39, 0.29) is 4.28 Å². The van der Waals surface area contributed by atoms with Gasteiger partial charge in [-0.05, 0) is 279 Å². The first-order valence-corrected chi connectivity index (χ1v) is 53.0. The molecule has 0 unspecified atom stereocenters. The fourth-order valence-corrected chi connectivity index (χ4v) is 27.1. The maximum Gasteiger partial charge on any atom is 0.0433 e. The second-order valence-corrected chi connectivity index (χ2v) is 41.6. The van der Waals surface area contributed by atoms with Crippen LogP contribution in [-0.2, 0) is 0 Å². The summed E-state index contributed by atoms with van der Waals surface area (Å²) < 4.78 is 8.03. The van der Waals surface area contributed by atoms with Gasteiger partial charge in [0.15, 0.2) is 0 Å². The van der Waals surface area contributed by atoms with Crippen LogP contribution in [-0.4, -0.2) is 0 Å². The van der Waals surface area contributed by atoms with E-state index in [0.717, 1.165) is 0 Å². The van der Waals surface area contributed by atoms with Crippen molar-refractivity contribution in [3.05, 3.63) is 546 Å². The van der Waals surface area contributed by atoms with E-state index < -0.39 is 0 Å². The standard InChI is InChI=1S/3C48H30S.3H2/c1-2-13-31(14-3-1)33-28-27-32-15-11-24-42(44(32)30-33)47-40-21-6-4-19-38(40)46(39-20-5-7-22-41(39)47)35-17-10-16-34(29-35)36-23-12-25-43-37-18-8-9-26-45(37)49-48(36)43;1-2-12-31(13-3-1)35-29-26-32-14-10-21-42(44(32)30-35)47-40-18-6-4-16-38(40)46(39-17-5-7-19-41(39)47)34-27-24-33(25-28-34)36-20-11-22-43-37-15-8-9-23-45(37)49-48(36)43;1-2-11-31(12-3-1)35-26-23-33-13-10-19-43(44(33)29-35)48-41-17-6-4-15-39(41)47(40-16-5-7-18-42(40)48)34-24-21-32(22-25-34)36-27-28-38-37-14-8-9-20-45(37)49-46(38)30-36;;;/h3*1-30H;3*1H/i;;;3*1+1. The third kappa shape index (κ3) is 15.2. The number of thiophene rings is 3. The van der Waals surface area contributed by atoms with E-state index in [1.165, 1.54) is 291 Å². The van der Waals surface area contributed by atoms with Gasteiger partial charge in [-0.1, -0.05) is 497 Å². The second-order valence-electron chi connectivity index (χ2n) is 38.5. The lowest BCUT2D eigenvalue weighted by Crippen LogP contribution is -1.92. The highest BCUT2D eigenvalue weighted by Gasteiger charge is 2.26. The molecule has 3 aromatic heterocycles. The molecule has 0 saturated carbocycles. The SMILES string of the molecule is [2HH].[2HH].[2HH].c1ccc(-c2ccc3cccc(-c4c5ccccc5c(-c5ccc(-c6ccc7c(c6)sc6ccccc67)cc5)c5ccccc45)c3c2)cc1.c1ccc(-c2ccc3cccc(-c4c5ccccc5c(-c5ccc(-c6cccc7c6sc6ccccc67)cc5)c5ccccc45)c3c2)cc1.c1ccc(-c2ccc3cccc(-c4c5ccccc5c(-c5cccc(-c6cccc7c6sc6ccccc67)c5)c5ccccc45)c3c2)cc1. The minimum absolute atomic E-state index is 0. The van der Waals surface area contributed by atoms with Crippen LogP contribution in [0.1, 0.15) is 4.28 Å². The molecule has 0 radical (unpaired) electrons. The summed E-state index contributed by atoms with van der Waals surface area (Å²) in [6, 6.07) is 201. The van der Waals surface area contributed by atoms with Gasteiger partial charge in [0.05, 0.1) is 0 Å². The summed E-state index contributed by atoms with van der Waals surface area (Å²) in [7, 11) is 0. The molecule has 0 fully saturated rings. The van der Waals surface area contributed by atoms with Crippen LogP contribution in [0.5, 0.6) is 0 Å². The van der Waals surface area contributed by atoms with E-state index in [4.69, 9.17) is 0 Å². The molecule has 3 heterocycles. The normalized spacial score (nSPS) is 11.7. The number of hydrogen-bond acceptors (Lipinski definition) is 3. The molecule has 0 amide bonds. The number of benzene rings is 27. The first-order valence-electron chi connectivity index (χ1n) is 50.5. The van der Waals surface area contributed by atoms with E-state index in [0.29, 0.717) is 0 Å². The Labute approximate surface area is 868 Å². The van der Waals surface area contributed by atoms with Gasteiger partial charge < -0.3 is 0 Å². The van der Waals surface area contributed by atoms with Gasteiger partial charge in [-0.3, -0.25) is 0 Å². The highest BCUT2D eigenvalue weighted by atomic mass is 32.1. The Hall–Kier alpha value is -18.1. The number of fused-ring (bicyclic) bond motifs is 18. The van der Waals surface area contributed by atoms with E-state index in [1.54, 1.807) is 0 Å². The van der Waals surface area contributed by atoms with Crippen molar-refractivity contribution in [2.45, 2.75) is 0 Å². The first-order chi connectivity index (χ1) is 72.9. The van der Waals surface area contributed by atoms with Gasteiger partial charge in [0.1, 0.15) is 0 Å². The Morgan fingerprint density at radius 3 is 0.707 bits per heavy atom. The molecule has 0 bridgehead atoms. The van der Waals surface area contributed by atoms with Gasteiger partial charge >= 0.3 is 0 Å².